The smallest absolute Gasteiger partial charge is 0.0420 e. The van der Waals surface area contributed by atoms with Crippen molar-refractivity contribution >= 4 is 15.9 Å². The lowest BCUT2D eigenvalue weighted by atomic mass is 9.95. The maximum absolute atomic E-state index is 3.85. The van der Waals surface area contributed by atoms with E-state index in [1.807, 2.05) is 0 Å². The van der Waals surface area contributed by atoms with Gasteiger partial charge in [-0.25, -0.2) is 0 Å². The molecule has 0 amide bonds. The summed E-state index contributed by atoms with van der Waals surface area (Å²) in [6.45, 7) is 4.63. The van der Waals surface area contributed by atoms with Crippen LogP contribution >= 0.6 is 15.9 Å². The monoisotopic (exact) mass is 310 g/mol. The summed E-state index contributed by atoms with van der Waals surface area (Å²) in [5, 5.41) is 0. The Morgan fingerprint density at radius 3 is 2.22 bits per heavy atom. The van der Waals surface area contributed by atoms with Crippen LogP contribution in [0.25, 0.3) is 0 Å². The van der Waals surface area contributed by atoms with Crippen molar-refractivity contribution in [3.63, 3.8) is 0 Å². The van der Waals surface area contributed by atoms with Crippen molar-refractivity contribution in [1.82, 2.24) is 0 Å². The lowest BCUT2D eigenvalue weighted by Crippen LogP contribution is -2.03. The molecule has 0 bridgehead atoms. The SMILES string of the molecule is CCCCCCCCC(C)C(Br)c1ccccc1. The maximum Gasteiger partial charge on any atom is 0.0420 e. The number of unbranched alkanes of at least 4 members (excludes halogenated alkanes) is 5. The highest BCUT2D eigenvalue weighted by Gasteiger charge is 2.15. The summed E-state index contributed by atoms with van der Waals surface area (Å²) in [4.78, 5) is 0.509. The molecule has 0 aromatic heterocycles. The third-order valence-corrected chi connectivity index (χ3v) is 5.06. The van der Waals surface area contributed by atoms with E-state index in [0.717, 1.165) is 5.92 Å². The number of halogens is 1. The fraction of sp³-hybridized carbons (Fsp3) is 0.647. The highest BCUT2D eigenvalue weighted by Crippen LogP contribution is 2.33. The second-order valence-corrected chi connectivity index (χ2v) is 6.33. The third-order valence-electron chi connectivity index (χ3n) is 3.63. The zero-order chi connectivity index (χ0) is 13.2. The Morgan fingerprint density at radius 1 is 0.944 bits per heavy atom. The number of benzene rings is 1. The van der Waals surface area contributed by atoms with Gasteiger partial charge in [-0.1, -0.05) is 98.6 Å². The molecule has 1 rings (SSSR count). The lowest BCUT2D eigenvalue weighted by Gasteiger charge is -2.18. The standard InChI is InChI=1S/C17H27Br/c1-3-4-5-6-7-9-12-15(2)17(18)16-13-10-8-11-14-16/h8,10-11,13-15,17H,3-7,9,12H2,1-2H3. The average molecular weight is 311 g/mol. The second-order valence-electron chi connectivity index (χ2n) is 5.35. The van der Waals surface area contributed by atoms with Gasteiger partial charge >= 0.3 is 0 Å². The van der Waals surface area contributed by atoms with Gasteiger partial charge in [-0.05, 0) is 17.9 Å². The average Bonchev–Trinajstić information content (AvgIpc) is 2.42. The minimum atomic E-state index is 0.509. The topological polar surface area (TPSA) is 0 Å². The highest BCUT2D eigenvalue weighted by molar-refractivity contribution is 9.09. The zero-order valence-electron chi connectivity index (χ0n) is 11.9. The van der Waals surface area contributed by atoms with E-state index < -0.39 is 0 Å². The van der Waals surface area contributed by atoms with Crippen molar-refractivity contribution in [1.29, 1.82) is 0 Å². The summed E-state index contributed by atoms with van der Waals surface area (Å²) >= 11 is 3.85. The van der Waals surface area contributed by atoms with Gasteiger partial charge in [0.25, 0.3) is 0 Å². The fourth-order valence-corrected chi connectivity index (χ4v) is 2.93. The molecule has 1 aromatic carbocycles. The molecule has 0 N–H and O–H groups in total. The first-order chi connectivity index (χ1) is 8.75. The predicted molar refractivity (Wildman–Crippen MR) is 85.3 cm³/mol. The number of rotatable bonds is 9. The summed E-state index contributed by atoms with van der Waals surface area (Å²) < 4.78 is 0. The van der Waals surface area contributed by atoms with E-state index in [-0.39, 0.29) is 0 Å². The first kappa shape index (κ1) is 15.8. The molecule has 0 aliphatic carbocycles. The van der Waals surface area contributed by atoms with Crippen molar-refractivity contribution in [2.24, 2.45) is 5.92 Å². The Bertz CT molecular complexity index is 294. The van der Waals surface area contributed by atoms with Crippen LogP contribution in [0.4, 0.5) is 0 Å². The van der Waals surface area contributed by atoms with Crippen LogP contribution in [0.2, 0.25) is 0 Å². The molecule has 1 heteroatoms. The summed E-state index contributed by atoms with van der Waals surface area (Å²) in [5.74, 6) is 0.721. The Hall–Kier alpha value is -0.300. The van der Waals surface area contributed by atoms with Crippen LogP contribution in [0.3, 0.4) is 0 Å². The molecule has 0 radical (unpaired) electrons. The normalized spacial score (nSPS) is 14.4. The molecule has 0 aliphatic heterocycles. The van der Waals surface area contributed by atoms with Gasteiger partial charge < -0.3 is 0 Å². The largest absolute Gasteiger partial charge is 0.0836 e. The van der Waals surface area contributed by atoms with Gasteiger partial charge in [0.2, 0.25) is 0 Å². The van der Waals surface area contributed by atoms with E-state index in [1.54, 1.807) is 0 Å². The molecule has 0 spiro atoms. The Labute approximate surface area is 121 Å². The molecule has 102 valence electrons. The molecule has 0 saturated heterocycles. The second kappa shape index (κ2) is 9.61. The Balaban J connectivity index is 2.18. The fourth-order valence-electron chi connectivity index (χ4n) is 2.36. The first-order valence-electron chi connectivity index (χ1n) is 7.44. The minimum Gasteiger partial charge on any atom is -0.0836 e. The van der Waals surface area contributed by atoms with Crippen LogP contribution in [0.1, 0.15) is 69.2 Å². The van der Waals surface area contributed by atoms with E-state index in [4.69, 9.17) is 0 Å². The van der Waals surface area contributed by atoms with Gasteiger partial charge in [-0.2, -0.15) is 0 Å². The molecule has 1 aromatic rings. The molecule has 2 unspecified atom stereocenters. The summed E-state index contributed by atoms with van der Waals surface area (Å²) in [6.07, 6.45) is 9.68. The highest BCUT2D eigenvalue weighted by atomic mass is 79.9. The molecule has 0 aliphatic rings. The van der Waals surface area contributed by atoms with Gasteiger partial charge in [-0.3, -0.25) is 0 Å². The van der Waals surface area contributed by atoms with Crippen LogP contribution in [0.15, 0.2) is 30.3 Å². The lowest BCUT2D eigenvalue weighted by molar-refractivity contribution is 0.478. The summed E-state index contributed by atoms with van der Waals surface area (Å²) in [6, 6.07) is 10.8. The molecule has 18 heavy (non-hydrogen) atoms. The van der Waals surface area contributed by atoms with Gasteiger partial charge in [0.05, 0.1) is 0 Å². The van der Waals surface area contributed by atoms with Crippen molar-refractivity contribution in [3.05, 3.63) is 35.9 Å². The van der Waals surface area contributed by atoms with Gasteiger partial charge in [0.15, 0.2) is 0 Å². The van der Waals surface area contributed by atoms with Crippen LogP contribution in [0, 0.1) is 5.92 Å². The van der Waals surface area contributed by atoms with Crippen LogP contribution in [-0.2, 0) is 0 Å². The molecule has 0 fully saturated rings. The van der Waals surface area contributed by atoms with E-state index >= 15 is 0 Å². The van der Waals surface area contributed by atoms with Crippen molar-refractivity contribution in [2.75, 3.05) is 0 Å². The van der Waals surface area contributed by atoms with Crippen LogP contribution < -0.4 is 0 Å². The Morgan fingerprint density at radius 2 is 1.56 bits per heavy atom. The molecule has 0 saturated carbocycles. The van der Waals surface area contributed by atoms with E-state index in [0.29, 0.717) is 4.83 Å². The van der Waals surface area contributed by atoms with Crippen molar-refractivity contribution in [2.45, 2.75) is 63.6 Å². The third kappa shape index (κ3) is 6.04. The molecule has 0 heterocycles. The minimum absolute atomic E-state index is 0.509. The predicted octanol–water partition coefficient (Wildman–Crippen LogP) is 6.51. The summed E-state index contributed by atoms with van der Waals surface area (Å²) in [5.41, 5.74) is 1.41. The van der Waals surface area contributed by atoms with E-state index in [2.05, 4.69) is 60.1 Å². The van der Waals surface area contributed by atoms with E-state index in [1.165, 1.54) is 50.5 Å². The van der Waals surface area contributed by atoms with Gasteiger partial charge in [-0.15, -0.1) is 0 Å². The molecular weight excluding hydrogens is 284 g/mol. The van der Waals surface area contributed by atoms with Crippen molar-refractivity contribution < 1.29 is 0 Å². The van der Waals surface area contributed by atoms with E-state index in [9.17, 15) is 0 Å². The number of alkyl halides is 1. The maximum atomic E-state index is 3.85. The van der Waals surface area contributed by atoms with Crippen LogP contribution in [-0.4, -0.2) is 0 Å². The van der Waals surface area contributed by atoms with Crippen LogP contribution in [0.5, 0.6) is 0 Å². The van der Waals surface area contributed by atoms with Crippen molar-refractivity contribution in [3.8, 4) is 0 Å². The Kier molecular flexibility index (Phi) is 8.41. The molecule has 2 atom stereocenters. The quantitative estimate of drug-likeness (QED) is 0.360. The molecule has 0 nitrogen and oxygen atoms in total. The first-order valence-corrected chi connectivity index (χ1v) is 8.36. The van der Waals surface area contributed by atoms with Gasteiger partial charge in [0, 0.05) is 4.83 Å². The number of hydrogen-bond acceptors (Lipinski definition) is 0. The summed E-state index contributed by atoms with van der Waals surface area (Å²) in [7, 11) is 0. The van der Waals surface area contributed by atoms with Gasteiger partial charge in [0.1, 0.15) is 0 Å². The molecular formula is C17H27Br. The zero-order valence-corrected chi connectivity index (χ0v) is 13.5. The number of hydrogen-bond donors (Lipinski definition) is 0.